The summed E-state index contributed by atoms with van der Waals surface area (Å²) in [5.41, 5.74) is 0. The highest BCUT2D eigenvalue weighted by atomic mass is 16.5. The molecule has 0 amide bonds. The molecule has 0 radical (unpaired) electrons. The molecule has 84 valence electrons. The van der Waals surface area contributed by atoms with Gasteiger partial charge >= 0.3 is 0 Å². The van der Waals surface area contributed by atoms with Crippen molar-refractivity contribution in [1.82, 2.24) is 10.6 Å². The molecule has 15 heavy (non-hydrogen) atoms. The molecule has 3 heteroatoms. The van der Waals surface area contributed by atoms with Crippen molar-refractivity contribution in [3.63, 3.8) is 0 Å². The molecular formula is C12H20N2O. The Morgan fingerprint density at radius 1 is 1.07 bits per heavy atom. The maximum absolute atomic E-state index is 5.56. The molecule has 0 aromatic heterocycles. The lowest BCUT2D eigenvalue weighted by atomic mass is 10.3. The maximum atomic E-state index is 5.56. The number of rotatable bonds is 8. The van der Waals surface area contributed by atoms with Crippen molar-refractivity contribution in [3.05, 3.63) is 30.3 Å². The highest BCUT2D eigenvalue weighted by molar-refractivity contribution is 5.20. The first-order valence-electron chi connectivity index (χ1n) is 5.46. The predicted molar refractivity (Wildman–Crippen MR) is 63.4 cm³/mol. The normalized spacial score (nSPS) is 10.2. The molecule has 0 unspecified atom stereocenters. The smallest absolute Gasteiger partial charge is 0.119 e. The third-order valence-corrected chi connectivity index (χ3v) is 2.06. The van der Waals surface area contributed by atoms with Crippen LogP contribution in [-0.4, -0.2) is 33.3 Å². The zero-order valence-corrected chi connectivity index (χ0v) is 9.33. The average molecular weight is 208 g/mol. The van der Waals surface area contributed by atoms with Crippen molar-refractivity contribution in [2.45, 2.75) is 6.42 Å². The van der Waals surface area contributed by atoms with Crippen LogP contribution in [0.2, 0.25) is 0 Å². The lowest BCUT2D eigenvalue weighted by molar-refractivity contribution is 0.308. The lowest BCUT2D eigenvalue weighted by Gasteiger charge is -2.06. The summed E-state index contributed by atoms with van der Waals surface area (Å²) in [4.78, 5) is 0. The van der Waals surface area contributed by atoms with Gasteiger partial charge in [0, 0.05) is 13.1 Å². The Kier molecular flexibility index (Phi) is 6.62. The zero-order chi connectivity index (χ0) is 10.8. The summed E-state index contributed by atoms with van der Waals surface area (Å²) in [6.07, 6.45) is 1.04. The van der Waals surface area contributed by atoms with Crippen molar-refractivity contribution in [3.8, 4) is 5.75 Å². The van der Waals surface area contributed by atoms with Gasteiger partial charge in [0.25, 0.3) is 0 Å². The first-order valence-corrected chi connectivity index (χ1v) is 5.46. The summed E-state index contributed by atoms with van der Waals surface area (Å²) < 4.78 is 5.56. The number of hydrogen-bond acceptors (Lipinski definition) is 3. The van der Waals surface area contributed by atoms with Gasteiger partial charge in [0.1, 0.15) is 5.75 Å². The van der Waals surface area contributed by atoms with E-state index in [0.29, 0.717) is 0 Å². The fourth-order valence-electron chi connectivity index (χ4n) is 1.24. The molecule has 0 saturated heterocycles. The lowest BCUT2D eigenvalue weighted by Crippen LogP contribution is -2.26. The largest absolute Gasteiger partial charge is 0.494 e. The SMILES string of the molecule is CNCCNCCCOc1ccccc1. The van der Waals surface area contributed by atoms with Gasteiger partial charge in [0.05, 0.1) is 6.61 Å². The summed E-state index contributed by atoms with van der Waals surface area (Å²) in [6.45, 7) is 3.81. The van der Waals surface area contributed by atoms with Crippen LogP contribution < -0.4 is 15.4 Å². The minimum atomic E-state index is 0.774. The van der Waals surface area contributed by atoms with Crippen LogP contribution in [0.25, 0.3) is 0 Å². The molecule has 0 heterocycles. The van der Waals surface area contributed by atoms with E-state index in [0.717, 1.165) is 38.4 Å². The third kappa shape index (κ3) is 6.10. The van der Waals surface area contributed by atoms with Gasteiger partial charge < -0.3 is 15.4 Å². The number of ether oxygens (including phenoxy) is 1. The van der Waals surface area contributed by atoms with E-state index < -0.39 is 0 Å². The van der Waals surface area contributed by atoms with E-state index in [1.54, 1.807) is 0 Å². The monoisotopic (exact) mass is 208 g/mol. The van der Waals surface area contributed by atoms with E-state index in [1.807, 2.05) is 37.4 Å². The Hall–Kier alpha value is -1.06. The quantitative estimate of drug-likeness (QED) is 0.631. The second-order valence-electron chi connectivity index (χ2n) is 3.37. The Bertz CT molecular complexity index is 239. The van der Waals surface area contributed by atoms with Gasteiger partial charge in [-0.1, -0.05) is 18.2 Å². The van der Waals surface area contributed by atoms with Crippen LogP contribution in [0.1, 0.15) is 6.42 Å². The summed E-state index contributed by atoms with van der Waals surface area (Å²) in [6, 6.07) is 9.93. The predicted octanol–water partition coefficient (Wildman–Crippen LogP) is 1.26. The fourth-order valence-corrected chi connectivity index (χ4v) is 1.24. The zero-order valence-electron chi connectivity index (χ0n) is 9.33. The number of likely N-dealkylation sites (N-methyl/N-ethyl adjacent to an activating group) is 1. The van der Waals surface area contributed by atoms with Crippen LogP contribution in [0.15, 0.2) is 30.3 Å². The van der Waals surface area contributed by atoms with Crippen molar-refractivity contribution < 1.29 is 4.74 Å². The van der Waals surface area contributed by atoms with Crippen LogP contribution in [0.5, 0.6) is 5.75 Å². The molecule has 0 aliphatic rings. The summed E-state index contributed by atoms with van der Waals surface area (Å²) >= 11 is 0. The van der Waals surface area contributed by atoms with E-state index in [4.69, 9.17) is 4.74 Å². The molecule has 0 bridgehead atoms. The van der Waals surface area contributed by atoms with Crippen LogP contribution >= 0.6 is 0 Å². The minimum Gasteiger partial charge on any atom is -0.494 e. The van der Waals surface area contributed by atoms with E-state index in [-0.39, 0.29) is 0 Å². The standard InChI is InChI=1S/C12H20N2O/c1-13-9-10-14-8-5-11-15-12-6-3-2-4-7-12/h2-4,6-7,13-14H,5,8-11H2,1H3. The molecule has 0 fully saturated rings. The Morgan fingerprint density at radius 3 is 2.60 bits per heavy atom. The van der Waals surface area contributed by atoms with Gasteiger partial charge in [-0.15, -0.1) is 0 Å². The van der Waals surface area contributed by atoms with Crippen molar-refractivity contribution in [1.29, 1.82) is 0 Å². The van der Waals surface area contributed by atoms with Crippen molar-refractivity contribution in [2.24, 2.45) is 0 Å². The van der Waals surface area contributed by atoms with Gasteiger partial charge in [-0.3, -0.25) is 0 Å². The fraction of sp³-hybridized carbons (Fsp3) is 0.500. The highest BCUT2D eigenvalue weighted by Crippen LogP contribution is 2.07. The van der Waals surface area contributed by atoms with Crippen LogP contribution in [0.4, 0.5) is 0 Å². The molecule has 2 N–H and O–H groups in total. The minimum absolute atomic E-state index is 0.774. The van der Waals surface area contributed by atoms with Gasteiger partial charge in [-0.25, -0.2) is 0 Å². The molecule has 1 rings (SSSR count). The summed E-state index contributed by atoms with van der Waals surface area (Å²) in [5, 5.41) is 6.42. The van der Waals surface area contributed by atoms with Gasteiger partial charge in [0.15, 0.2) is 0 Å². The Balaban J connectivity index is 1.93. The van der Waals surface area contributed by atoms with Crippen molar-refractivity contribution in [2.75, 3.05) is 33.3 Å². The number of benzene rings is 1. The maximum Gasteiger partial charge on any atom is 0.119 e. The summed E-state index contributed by atoms with van der Waals surface area (Å²) in [5.74, 6) is 0.952. The second-order valence-corrected chi connectivity index (χ2v) is 3.37. The molecule has 0 aliphatic heterocycles. The average Bonchev–Trinajstić information content (AvgIpc) is 2.29. The first kappa shape index (κ1) is 12.0. The van der Waals surface area contributed by atoms with E-state index in [1.165, 1.54) is 0 Å². The topological polar surface area (TPSA) is 33.3 Å². The molecule has 0 saturated carbocycles. The molecular weight excluding hydrogens is 188 g/mol. The van der Waals surface area contributed by atoms with Crippen LogP contribution in [-0.2, 0) is 0 Å². The van der Waals surface area contributed by atoms with E-state index in [2.05, 4.69) is 10.6 Å². The van der Waals surface area contributed by atoms with E-state index in [9.17, 15) is 0 Å². The summed E-state index contributed by atoms with van der Waals surface area (Å²) in [7, 11) is 1.96. The van der Waals surface area contributed by atoms with Crippen LogP contribution in [0, 0.1) is 0 Å². The molecule has 0 atom stereocenters. The van der Waals surface area contributed by atoms with Gasteiger partial charge in [0.2, 0.25) is 0 Å². The Labute approximate surface area is 91.8 Å². The molecule has 3 nitrogen and oxygen atoms in total. The van der Waals surface area contributed by atoms with Crippen molar-refractivity contribution >= 4 is 0 Å². The van der Waals surface area contributed by atoms with Crippen LogP contribution in [0.3, 0.4) is 0 Å². The number of hydrogen-bond donors (Lipinski definition) is 2. The van der Waals surface area contributed by atoms with Gasteiger partial charge in [-0.05, 0) is 32.1 Å². The number of para-hydroxylation sites is 1. The first-order chi connectivity index (χ1) is 7.43. The molecule has 1 aromatic rings. The molecule has 0 spiro atoms. The van der Waals surface area contributed by atoms with E-state index >= 15 is 0 Å². The molecule has 1 aromatic carbocycles. The third-order valence-electron chi connectivity index (χ3n) is 2.06. The highest BCUT2D eigenvalue weighted by Gasteiger charge is 1.91. The van der Waals surface area contributed by atoms with Gasteiger partial charge in [-0.2, -0.15) is 0 Å². The number of nitrogens with one attached hydrogen (secondary N) is 2. The molecule has 0 aliphatic carbocycles. The Morgan fingerprint density at radius 2 is 1.87 bits per heavy atom. The second kappa shape index (κ2) is 8.26.